The highest BCUT2D eigenvalue weighted by Crippen LogP contribution is 2.24. The Kier molecular flexibility index (Phi) is 5.58. The van der Waals surface area contributed by atoms with Crippen LogP contribution in [-0.4, -0.2) is 36.5 Å². The monoisotopic (exact) mass is 364 g/mol. The lowest BCUT2D eigenvalue weighted by Crippen LogP contribution is -2.48. The maximum atomic E-state index is 13.7. The summed E-state index contributed by atoms with van der Waals surface area (Å²) in [6, 6.07) is 8.36. The molecular weight excluding hydrogens is 345 g/mol. The van der Waals surface area contributed by atoms with Crippen molar-refractivity contribution < 1.29 is 22.7 Å². The SMILES string of the molecule is CC(C(=O)Nc1cc(F)ccc1F)N1CCOC(c2ccc(F)cc2)C1. The molecule has 2 atom stereocenters. The summed E-state index contributed by atoms with van der Waals surface area (Å²) in [5.41, 5.74) is 0.630. The molecule has 26 heavy (non-hydrogen) atoms. The number of nitrogens with one attached hydrogen (secondary N) is 1. The summed E-state index contributed by atoms with van der Waals surface area (Å²) in [6.45, 7) is 3.07. The Morgan fingerprint density at radius 2 is 1.85 bits per heavy atom. The quantitative estimate of drug-likeness (QED) is 0.903. The van der Waals surface area contributed by atoms with Crippen LogP contribution in [0.2, 0.25) is 0 Å². The van der Waals surface area contributed by atoms with Gasteiger partial charge in [-0.15, -0.1) is 0 Å². The van der Waals surface area contributed by atoms with E-state index < -0.39 is 23.6 Å². The Hall–Kier alpha value is -2.38. The predicted octanol–water partition coefficient (Wildman–Crippen LogP) is 3.50. The molecule has 0 radical (unpaired) electrons. The van der Waals surface area contributed by atoms with Crippen LogP contribution >= 0.6 is 0 Å². The number of amides is 1. The lowest BCUT2D eigenvalue weighted by molar-refractivity contribution is -0.124. The molecule has 138 valence electrons. The van der Waals surface area contributed by atoms with Crippen molar-refractivity contribution in [2.24, 2.45) is 0 Å². The van der Waals surface area contributed by atoms with Crippen LogP contribution in [0.3, 0.4) is 0 Å². The van der Waals surface area contributed by atoms with Gasteiger partial charge < -0.3 is 10.1 Å². The molecule has 0 bridgehead atoms. The Bertz CT molecular complexity index is 783. The van der Waals surface area contributed by atoms with E-state index in [0.29, 0.717) is 19.7 Å². The maximum absolute atomic E-state index is 13.7. The van der Waals surface area contributed by atoms with Crippen LogP contribution in [-0.2, 0) is 9.53 Å². The minimum atomic E-state index is -0.696. The number of rotatable bonds is 4. The van der Waals surface area contributed by atoms with Gasteiger partial charge in [-0.2, -0.15) is 0 Å². The largest absolute Gasteiger partial charge is 0.371 e. The molecule has 7 heteroatoms. The summed E-state index contributed by atoms with van der Waals surface area (Å²) in [5, 5.41) is 2.42. The van der Waals surface area contributed by atoms with Crippen LogP contribution in [0.1, 0.15) is 18.6 Å². The zero-order chi connectivity index (χ0) is 18.7. The number of hydrogen-bond acceptors (Lipinski definition) is 3. The second-order valence-electron chi connectivity index (χ2n) is 6.20. The Labute approximate surface area is 149 Å². The number of anilines is 1. The van der Waals surface area contributed by atoms with Gasteiger partial charge >= 0.3 is 0 Å². The first-order chi connectivity index (χ1) is 12.4. The molecule has 2 aromatic rings. The number of hydrogen-bond donors (Lipinski definition) is 1. The van der Waals surface area contributed by atoms with E-state index in [-0.39, 0.29) is 17.6 Å². The molecule has 1 fully saturated rings. The van der Waals surface area contributed by atoms with Gasteiger partial charge in [0.05, 0.1) is 24.4 Å². The van der Waals surface area contributed by atoms with E-state index in [9.17, 15) is 18.0 Å². The molecule has 4 nitrogen and oxygen atoms in total. The second-order valence-corrected chi connectivity index (χ2v) is 6.20. The third-order valence-corrected chi connectivity index (χ3v) is 4.45. The molecule has 2 unspecified atom stereocenters. The Morgan fingerprint density at radius 3 is 2.58 bits per heavy atom. The van der Waals surface area contributed by atoms with Gasteiger partial charge in [-0.1, -0.05) is 12.1 Å². The van der Waals surface area contributed by atoms with E-state index in [1.54, 1.807) is 19.1 Å². The van der Waals surface area contributed by atoms with Crippen LogP contribution in [0.4, 0.5) is 18.9 Å². The molecule has 1 saturated heterocycles. The van der Waals surface area contributed by atoms with Crippen LogP contribution in [0, 0.1) is 17.5 Å². The number of nitrogens with zero attached hydrogens (tertiary/aromatic N) is 1. The summed E-state index contributed by atoms with van der Waals surface area (Å²) < 4.78 is 45.7. The van der Waals surface area contributed by atoms with Gasteiger partial charge in [-0.3, -0.25) is 9.69 Å². The highest BCUT2D eigenvalue weighted by atomic mass is 19.1. The number of carbonyl (C=O) groups excluding carboxylic acids is 1. The summed E-state index contributed by atoms with van der Waals surface area (Å²) in [7, 11) is 0. The van der Waals surface area contributed by atoms with Crippen molar-refractivity contribution in [1.82, 2.24) is 4.90 Å². The molecule has 1 aliphatic rings. The van der Waals surface area contributed by atoms with Crippen LogP contribution < -0.4 is 5.32 Å². The fourth-order valence-corrected chi connectivity index (χ4v) is 2.90. The summed E-state index contributed by atoms with van der Waals surface area (Å²) >= 11 is 0. The van der Waals surface area contributed by atoms with Crippen molar-refractivity contribution in [3.8, 4) is 0 Å². The Balaban J connectivity index is 1.66. The molecular formula is C19H19F3N2O2. The highest BCUT2D eigenvalue weighted by molar-refractivity contribution is 5.94. The van der Waals surface area contributed by atoms with Crippen LogP contribution in [0.5, 0.6) is 0 Å². The molecule has 0 aromatic heterocycles. The highest BCUT2D eigenvalue weighted by Gasteiger charge is 2.29. The summed E-state index contributed by atoms with van der Waals surface area (Å²) in [4.78, 5) is 14.3. The fraction of sp³-hybridized carbons (Fsp3) is 0.316. The van der Waals surface area contributed by atoms with Crippen molar-refractivity contribution in [3.05, 3.63) is 65.5 Å². The van der Waals surface area contributed by atoms with Crippen molar-refractivity contribution in [3.63, 3.8) is 0 Å². The molecule has 1 aliphatic heterocycles. The molecule has 0 spiro atoms. The lowest BCUT2D eigenvalue weighted by atomic mass is 10.1. The van der Waals surface area contributed by atoms with E-state index in [2.05, 4.69) is 5.32 Å². The van der Waals surface area contributed by atoms with Gasteiger partial charge in [0.2, 0.25) is 5.91 Å². The third kappa shape index (κ3) is 4.23. The van der Waals surface area contributed by atoms with Gasteiger partial charge in [-0.05, 0) is 36.8 Å². The summed E-state index contributed by atoms with van der Waals surface area (Å²) in [5.74, 6) is -2.09. The van der Waals surface area contributed by atoms with Crippen molar-refractivity contribution >= 4 is 11.6 Å². The van der Waals surface area contributed by atoms with Crippen LogP contribution in [0.15, 0.2) is 42.5 Å². The van der Waals surface area contributed by atoms with Gasteiger partial charge in [-0.25, -0.2) is 13.2 Å². The smallest absolute Gasteiger partial charge is 0.241 e. The zero-order valence-corrected chi connectivity index (χ0v) is 14.2. The molecule has 3 rings (SSSR count). The van der Waals surface area contributed by atoms with Crippen molar-refractivity contribution in [1.29, 1.82) is 0 Å². The van der Waals surface area contributed by atoms with Crippen LogP contribution in [0.25, 0.3) is 0 Å². The fourth-order valence-electron chi connectivity index (χ4n) is 2.90. The molecule has 1 amide bonds. The standard InChI is InChI=1S/C19H19F3N2O2/c1-12(19(25)23-17-10-15(21)6-7-16(17)22)24-8-9-26-18(11-24)13-2-4-14(20)5-3-13/h2-7,10,12,18H,8-9,11H2,1H3,(H,23,25). The van der Waals surface area contributed by atoms with E-state index in [1.807, 2.05) is 4.90 Å². The molecule has 1 heterocycles. The minimum Gasteiger partial charge on any atom is -0.371 e. The van der Waals surface area contributed by atoms with Gasteiger partial charge in [0.15, 0.2) is 0 Å². The van der Waals surface area contributed by atoms with E-state index in [4.69, 9.17) is 4.74 Å². The second kappa shape index (κ2) is 7.88. The zero-order valence-electron chi connectivity index (χ0n) is 14.2. The van der Waals surface area contributed by atoms with E-state index >= 15 is 0 Å². The third-order valence-electron chi connectivity index (χ3n) is 4.45. The first-order valence-electron chi connectivity index (χ1n) is 8.31. The van der Waals surface area contributed by atoms with E-state index in [0.717, 1.165) is 23.8 Å². The predicted molar refractivity (Wildman–Crippen MR) is 91.1 cm³/mol. The topological polar surface area (TPSA) is 41.6 Å². The maximum Gasteiger partial charge on any atom is 0.241 e. The van der Waals surface area contributed by atoms with Gasteiger partial charge in [0.1, 0.15) is 17.5 Å². The number of carbonyl (C=O) groups is 1. The number of benzene rings is 2. The van der Waals surface area contributed by atoms with Crippen molar-refractivity contribution in [2.75, 3.05) is 25.0 Å². The minimum absolute atomic E-state index is 0.190. The first-order valence-corrected chi connectivity index (χ1v) is 8.31. The normalized spacial score (nSPS) is 19.2. The van der Waals surface area contributed by atoms with Gasteiger partial charge in [0, 0.05) is 19.2 Å². The van der Waals surface area contributed by atoms with Gasteiger partial charge in [0.25, 0.3) is 0 Å². The number of halogens is 3. The molecule has 0 saturated carbocycles. The molecule has 0 aliphatic carbocycles. The first kappa shape index (κ1) is 18.4. The molecule has 2 aromatic carbocycles. The summed E-state index contributed by atoms with van der Waals surface area (Å²) in [6.07, 6.45) is -0.287. The molecule has 1 N–H and O–H groups in total. The average Bonchev–Trinajstić information content (AvgIpc) is 2.64. The lowest BCUT2D eigenvalue weighted by Gasteiger charge is -2.36. The van der Waals surface area contributed by atoms with E-state index in [1.165, 1.54) is 12.1 Å². The number of ether oxygens (including phenoxy) is 1. The number of morpholine rings is 1. The van der Waals surface area contributed by atoms with Crippen molar-refractivity contribution in [2.45, 2.75) is 19.1 Å². The average molecular weight is 364 g/mol. The Morgan fingerprint density at radius 1 is 1.15 bits per heavy atom.